The third kappa shape index (κ3) is 5.75. The van der Waals surface area contributed by atoms with Gasteiger partial charge in [-0.3, -0.25) is 9.59 Å². The average molecular weight is 332 g/mol. The van der Waals surface area contributed by atoms with E-state index < -0.39 is 0 Å². The predicted octanol–water partition coefficient (Wildman–Crippen LogP) is 2.85. The minimum atomic E-state index is -0.296. The Morgan fingerprint density at radius 2 is 1.65 bits per heavy atom. The van der Waals surface area contributed by atoms with Gasteiger partial charge in [0.1, 0.15) is 5.82 Å². The molecule has 0 unspecified atom stereocenters. The van der Waals surface area contributed by atoms with Gasteiger partial charge in [-0.2, -0.15) is 0 Å². The van der Waals surface area contributed by atoms with Crippen LogP contribution >= 0.6 is 11.8 Å². The summed E-state index contributed by atoms with van der Waals surface area (Å²) in [7, 11) is 1.59. The molecule has 2 rings (SSSR count). The zero-order chi connectivity index (χ0) is 16.7. The Kier molecular flexibility index (Phi) is 6.17. The highest BCUT2D eigenvalue weighted by atomic mass is 32.2. The van der Waals surface area contributed by atoms with E-state index in [1.807, 2.05) is 0 Å². The van der Waals surface area contributed by atoms with Gasteiger partial charge in [-0.15, -0.1) is 11.8 Å². The molecule has 0 aliphatic rings. The van der Waals surface area contributed by atoms with Crippen LogP contribution in [-0.4, -0.2) is 24.6 Å². The number of likely N-dealkylation sites (N-methyl/N-ethyl adjacent to an activating group) is 1. The van der Waals surface area contributed by atoms with Gasteiger partial charge < -0.3 is 10.6 Å². The zero-order valence-electron chi connectivity index (χ0n) is 12.6. The summed E-state index contributed by atoms with van der Waals surface area (Å²) in [6, 6.07) is 13.1. The maximum atomic E-state index is 12.8. The second-order valence-electron chi connectivity index (χ2n) is 4.84. The van der Waals surface area contributed by atoms with Gasteiger partial charge in [0, 0.05) is 17.6 Å². The van der Waals surface area contributed by atoms with E-state index in [4.69, 9.17) is 0 Å². The minimum Gasteiger partial charge on any atom is -0.359 e. The van der Waals surface area contributed by atoms with E-state index in [2.05, 4.69) is 10.6 Å². The molecule has 0 aliphatic carbocycles. The quantitative estimate of drug-likeness (QED) is 0.800. The van der Waals surface area contributed by atoms with E-state index in [0.29, 0.717) is 12.1 Å². The first-order chi connectivity index (χ1) is 11.1. The lowest BCUT2D eigenvalue weighted by Gasteiger charge is -2.06. The normalized spacial score (nSPS) is 10.2. The third-order valence-corrected chi connectivity index (χ3v) is 4.08. The number of rotatable bonds is 6. The molecule has 0 saturated carbocycles. The van der Waals surface area contributed by atoms with E-state index in [9.17, 15) is 14.0 Å². The van der Waals surface area contributed by atoms with Crippen molar-refractivity contribution in [1.82, 2.24) is 5.32 Å². The van der Waals surface area contributed by atoms with Crippen molar-refractivity contribution < 1.29 is 14.0 Å². The summed E-state index contributed by atoms with van der Waals surface area (Å²) < 4.78 is 12.8. The smallest absolute Gasteiger partial charge is 0.234 e. The third-order valence-electron chi connectivity index (χ3n) is 3.06. The molecule has 4 nitrogen and oxygen atoms in total. The standard InChI is InChI=1S/C17H17FN2O2S/c1-19-16(21)10-12-2-6-14(7-3-12)20-17(22)11-23-15-8-4-13(18)5-9-15/h2-9H,10-11H2,1H3,(H,19,21)(H,20,22). The summed E-state index contributed by atoms with van der Waals surface area (Å²) in [5, 5.41) is 5.34. The van der Waals surface area contributed by atoms with Gasteiger partial charge in [0.25, 0.3) is 0 Å². The Labute approximate surface area is 138 Å². The number of benzene rings is 2. The summed E-state index contributed by atoms with van der Waals surface area (Å²) in [5.74, 6) is -0.252. The van der Waals surface area contributed by atoms with Gasteiger partial charge in [-0.05, 0) is 42.0 Å². The van der Waals surface area contributed by atoms with E-state index >= 15 is 0 Å². The molecule has 120 valence electrons. The van der Waals surface area contributed by atoms with Crippen molar-refractivity contribution in [1.29, 1.82) is 0 Å². The Bertz CT molecular complexity index is 672. The van der Waals surface area contributed by atoms with Gasteiger partial charge >= 0.3 is 0 Å². The van der Waals surface area contributed by atoms with Crippen molar-refractivity contribution in [3.05, 3.63) is 59.9 Å². The van der Waals surface area contributed by atoms with Crippen LogP contribution < -0.4 is 10.6 Å². The Balaban J connectivity index is 1.82. The van der Waals surface area contributed by atoms with Gasteiger partial charge in [0.2, 0.25) is 11.8 Å². The fourth-order valence-corrected chi connectivity index (χ4v) is 2.55. The number of carbonyl (C=O) groups is 2. The van der Waals surface area contributed by atoms with Crippen LogP contribution in [0.4, 0.5) is 10.1 Å². The highest BCUT2D eigenvalue weighted by molar-refractivity contribution is 8.00. The molecule has 0 fully saturated rings. The number of carbonyl (C=O) groups excluding carboxylic acids is 2. The van der Waals surface area contributed by atoms with E-state index in [0.717, 1.165) is 10.5 Å². The van der Waals surface area contributed by atoms with Crippen molar-refractivity contribution in [3.63, 3.8) is 0 Å². The number of anilines is 1. The molecule has 0 aliphatic heterocycles. The first-order valence-electron chi connectivity index (χ1n) is 7.04. The van der Waals surface area contributed by atoms with Crippen molar-refractivity contribution >= 4 is 29.3 Å². The second kappa shape index (κ2) is 8.33. The molecule has 0 bridgehead atoms. The molecule has 0 aromatic heterocycles. The number of halogens is 1. The lowest BCUT2D eigenvalue weighted by atomic mass is 10.1. The van der Waals surface area contributed by atoms with Crippen LogP contribution in [0.15, 0.2) is 53.4 Å². The predicted molar refractivity (Wildman–Crippen MR) is 90.0 cm³/mol. The largest absolute Gasteiger partial charge is 0.359 e. The minimum absolute atomic E-state index is 0.0579. The van der Waals surface area contributed by atoms with Crippen molar-refractivity contribution in [3.8, 4) is 0 Å². The van der Waals surface area contributed by atoms with Crippen molar-refractivity contribution in [2.45, 2.75) is 11.3 Å². The molecular weight excluding hydrogens is 315 g/mol. The molecule has 23 heavy (non-hydrogen) atoms. The maximum absolute atomic E-state index is 12.8. The van der Waals surface area contributed by atoms with Crippen LogP contribution in [0, 0.1) is 5.82 Å². The molecule has 0 atom stereocenters. The van der Waals surface area contributed by atoms with Crippen LogP contribution in [0.3, 0.4) is 0 Å². The molecule has 0 heterocycles. The van der Waals surface area contributed by atoms with Crippen molar-refractivity contribution in [2.24, 2.45) is 0 Å². The lowest BCUT2D eigenvalue weighted by Crippen LogP contribution is -2.20. The number of hydrogen-bond acceptors (Lipinski definition) is 3. The highest BCUT2D eigenvalue weighted by Crippen LogP contribution is 2.18. The average Bonchev–Trinajstić information content (AvgIpc) is 2.56. The number of amides is 2. The van der Waals surface area contributed by atoms with Crippen molar-refractivity contribution in [2.75, 3.05) is 18.1 Å². The van der Waals surface area contributed by atoms with Crippen LogP contribution in [-0.2, 0) is 16.0 Å². The van der Waals surface area contributed by atoms with Gasteiger partial charge in [0.05, 0.1) is 12.2 Å². The van der Waals surface area contributed by atoms with Crippen LogP contribution in [0.1, 0.15) is 5.56 Å². The van der Waals surface area contributed by atoms with Gasteiger partial charge in [-0.25, -0.2) is 4.39 Å². The number of thioether (sulfide) groups is 1. The fourth-order valence-electron chi connectivity index (χ4n) is 1.86. The molecule has 6 heteroatoms. The molecule has 0 radical (unpaired) electrons. The zero-order valence-corrected chi connectivity index (χ0v) is 13.5. The summed E-state index contributed by atoms with van der Waals surface area (Å²) in [5.41, 5.74) is 1.55. The molecule has 2 N–H and O–H groups in total. The molecule has 2 aromatic rings. The highest BCUT2D eigenvalue weighted by Gasteiger charge is 2.05. The Morgan fingerprint density at radius 3 is 2.26 bits per heavy atom. The Hall–Kier alpha value is -2.34. The lowest BCUT2D eigenvalue weighted by molar-refractivity contribution is -0.120. The first-order valence-corrected chi connectivity index (χ1v) is 8.03. The first kappa shape index (κ1) is 17.0. The number of hydrogen-bond donors (Lipinski definition) is 2. The topological polar surface area (TPSA) is 58.2 Å². The second-order valence-corrected chi connectivity index (χ2v) is 5.89. The maximum Gasteiger partial charge on any atom is 0.234 e. The van der Waals surface area contributed by atoms with E-state index in [1.165, 1.54) is 23.9 Å². The molecule has 0 spiro atoms. The molecule has 2 aromatic carbocycles. The van der Waals surface area contributed by atoms with E-state index in [1.54, 1.807) is 43.4 Å². The SMILES string of the molecule is CNC(=O)Cc1ccc(NC(=O)CSc2ccc(F)cc2)cc1. The molecule has 2 amide bonds. The van der Waals surface area contributed by atoms with Crippen LogP contribution in [0.5, 0.6) is 0 Å². The summed E-state index contributed by atoms with van der Waals surface area (Å²) in [6.45, 7) is 0. The van der Waals surface area contributed by atoms with E-state index in [-0.39, 0.29) is 23.4 Å². The summed E-state index contributed by atoms with van der Waals surface area (Å²) >= 11 is 1.34. The summed E-state index contributed by atoms with van der Waals surface area (Å²) in [4.78, 5) is 24.0. The fraction of sp³-hybridized carbons (Fsp3) is 0.176. The molecular formula is C17H17FN2O2S. The van der Waals surface area contributed by atoms with Gasteiger partial charge in [0.15, 0.2) is 0 Å². The van der Waals surface area contributed by atoms with Crippen LogP contribution in [0.25, 0.3) is 0 Å². The van der Waals surface area contributed by atoms with Gasteiger partial charge in [-0.1, -0.05) is 12.1 Å². The monoisotopic (exact) mass is 332 g/mol. The Morgan fingerprint density at radius 1 is 1.00 bits per heavy atom. The summed E-state index contributed by atoms with van der Waals surface area (Å²) in [6.07, 6.45) is 0.311. The molecule has 0 saturated heterocycles. The van der Waals surface area contributed by atoms with Crippen LogP contribution in [0.2, 0.25) is 0 Å². The number of nitrogens with one attached hydrogen (secondary N) is 2.